The third-order valence-electron chi connectivity index (χ3n) is 1.86. The van der Waals surface area contributed by atoms with E-state index >= 15 is 0 Å². The number of hydrazine groups is 1. The van der Waals surface area contributed by atoms with Crippen molar-refractivity contribution in [3.63, 3.8) is 0 Å². The smallest absolute Gasteiger partial charge is 0.265 e. The van der Waals surface area contributed by atoms with Gasteiger partial charge in [0, 0.05) is 16.1 Å². The van der Waals surface area contributed by atoms with Crippen LogP contribution in [-0.2, 0) is 0 Å². The molecule has 0 saturated carbocycles. The van der Waals surface area contributed by atoms with Gasteiger partial charge < -0.3 is 0 Å². The van der Waals surface area contributed by atoms with Crippen LogP contribution in [0.1, 0.15) is 36.7 Å². The maximum Gasteiger partial charge on any atom is 0.265 e. The minimum Gasteiger partial charge on any atom is -0.287 e. The zero-order valence-corrected chi connectivity index (χ0v) is 10.8. The van der Waals surface area contributed by atoms with Crippen molar-refractivity contribution < 1.29 is 4.79 Å². The quantitative estimate of drug-likeness (QED) is 0.781. The molecule has 0 bridgehead atoms. The van der Waals surface area contributed by atoms with Gasteiger partial charge in [0.1, 0.15) is 0 Å². The fourth-order valence-corrected chi connectivity index (χ4v) is 1.47. The summed E-state index contributed by atoms with van der Waals surface area (Å²) in [5, 5.41) is 0.570. The maximum atomic E-state index is 11.8. The van der Waals surface area contributed by atoms with Gasteiger partial charge in [-0.3, -0.25) is 10.2 Å². The van der Waals surface area contributed by atoms with Crippen LogP contribution in [0.15, 0.2) is 18.2 Å². The van der Waals surface area contributed by atoms with Crippen molar-refractivity contribution >= 4 is 17.5 Å². The van der Waals surface area contributed by atoms with Crippen molar-refractivity contribution in [2.45, 2.75) is 33.2 Å². The predicted molar refractivity (Wildman–Crippen MR) is 66.5 cm³/mol. The van der Waals surface area contributed by atoms with Gasteiger partial charge in [-0.25, -0.2) is 5.43 Å². The summed E-state index contributed by atoms with van der Waals surface area (Å²) in [7, 11) is 0. The number of aryl methyl sites for hydroxylation is 1. The molecule has 0 radical (unpaired) electrons. The van der Waals surface area contributed by atoms with E-state index < -0.39 is 0 Å². The van der Waals surface area contributed by atoms with Crippen molar-refractivity contribution in [1.82, 2.24) is 10.9 Å². The first-order chi connectivity index (χ1) is 7.28. The van der Waals surface area contributed by atoms with Gasteiger partial charge in [-0.1, -0.05) is 11.6 Å². The number of rotatable bonds is 2. The van der Waals surface area contributed by atoms with E-state index in [1.165, 1.54) is 0 Å². The largest absolute Gasteiger partial charge is 0.287 e. The summed E-state index contributed by atoms with van der Waals surface area (Å²) in [5.74, 6) is -0.180. The van der Waals surface area contributed by atoms with E-state index in [1.807, 2.05) is 33.8 Å². The molecule has 88 valence electrons. The molecular weight excluding hydrogens is 224 g/mol. The highest BCUT2D eigenvalue weighted by atomic mass is 35.5. The second-order valence-electron chi connectivity index (χ2n) is 4.85. The van der Waals surface area contributed by atoms with Gasteiger partial charge in [0.2, 0.25) is 0 Å². The van der Waals surface area contributed by atoms with Crippen LogP contribution in [0.25, 0.3) is 0 Å². The molecule has 1 rings (SSSR count). The Hall–Kier alpha value is -1.06. The normalized spacial score (nSPS) is 11.3. The summed E-state index contributed by atoms with van der Waals surface area (Å²) in [6, 6.07) is 5.26. The molecule has 0 heterocycles. The number of hydrogen-bond acceptors (Lipinski definition) is 2. The number of hydrogen-bond donors (Lipinski definition) is 2. The Morgan fingerprint density at radius 1 is 1.25 bits per heavy atom. The molecule has 0 aromatic heterocycles. The molecule has 1 amide bonds. The number of nitrogens with one attached hydrogen (secondary N) is 2. The summed E-state index contributed by atoms with van der Waals surface area (Å²) in [6.45, 7) is 7.81. The highest BCUT2D eigenvalue weighted by molar-refractivity contribution is 6.31. The molecule has 0 aliphatic rings. The SMILES string of the molecule is Cc1cc(Cl)cc(C(=O)NNC(C)(C)C)c1. The van der Waals surface area contributed by atoms with E-state index in [0.717, 1.165) is 5.56 Å². The zero-order valence-electron chi connectivity index (χ0n) is 10.0. The van der Waals surface area contributed by atoms with E-state index in [0.29, 0.717) is 10.6 Å². The van der Waals surface area contributed by atoms with Crippen molar-refractivity contribution in [3.8, 4) is 0 Å². The fourth-order valence-electron chi connectivity index (χ4n) is 1.18. The van der Waals surface area contributed by atoms with Crippen LogP contribution in [0.4, 0.5) is 0 Å². The van der Waals surface area contributed by atoms with Gasteiger partial charge in [0.25, 0.3) is 5.91 Å². The predicted octanol–water partition coefficient (Wildman–Crippen LogP) is 2.68. The van der Waals surface area contributed by atoms with Crippen LogP contribution in [0.2, 0.25) is 5.02 Å². The highest BCUT2D eigenvalue weighted by Gasteiger charge is 2.12. The minimum atomic E-state index is -0.180. The Morgan fingerprint density at radius 2 is 1.88 bits per heavy atom. The standard InChI is InChI=1S/C12H17ClN2O/c1-8-5-9(7-10(13)6-8)11(16)14-15-12(2,3)4/h5-7,15H,1-4H3,(H,14,16). The van der Waals surface area contributed by atoms with E-state index in [9.17, 15) is 4.79 Å². The van der Waals surface area contributed by atoms with E-state index in [1.54, 1.807) is 12.1 Å². The Morgan fingerprint density at radius 3 is 2.38 bits per heavy atom. The van der Waals surface area contributed by atoms with Gasteiger partial charge in [-0.2, -0.15) is 0 Å². The number of benzene rings is 1. The van der Waals surface area contributed by atoms with Crippen LogP contribution in [-0.4, -0.2) is 11.4 Å². The minimum absolute atomic E-state index is 0.163. The van der Waals surface area contributed by atoms with Crippen molar-refractivity contribution in [2.24, 2.45) is 0 Å². The fraction of sp³-hybridized carbons (Fsp3) is 0.417. The lowest BCUT2D eigenvalue weighted by molar-refractivity contribution is 0.0914. The molecule has 0 aliphatic carbocycles. The molecule has 0 saturated heterocycles. The van der Waals surface area contributed by atoms with E-state index in [4.69, 9.17) is 11.6 Å². The second-order valence-corrected chi connectivity index (χ2v) is 5.28. The average Bonchev–Trinajstić information content (AvgIpc) is 2.11. The van der Waals surface area contributed by atoms with Gasteiger partial charge in [-0.05, 0) is 51.5 Å². The van der Waals surface area contributed by atoms with Gasteiger partial charge in [-0.15, -0.1) is 0 Å². The van der Waals surface area contributed by atoms with Gasteiger partial charge in [0.05, 0.1) is 0 Å². The number of carbonyl (C=O) groups is 1. The Balaban J connectivity index is 2.73. The van der Waals surface area contributed by atoms with Crippen LogP contribution in [0, 0.1) is 6.92 Å². The summed E-state index contributed by atoms with van der Waals surface area (Å²) in [4.78, 5) is 11.8. The summed E-state index contributed by atoms with van der Waals surface area (Å²) in [5.41, 5.74) is 6.92. The van der Waals surface area contributed by atoms with Crippen LogP contribution in [0.5, 0.6) is 0 Å². The molecule has 1 aromatic carbocycles. The summed E-state index contributed by atoms with van der Waals surface area (Å²) in [6.07, 6.45) is 0. The number of amides is 1. The highest BCUT2D eigenvalue weighted by Crippen LogP contribution is 2.14. The Labute approximate surface area is 101 Å². The van der Waals surface area contributed by atoms with E-state index in [-0.39, 0.29) is 11.4 Å². The van der Waals surface area contributed by atoms with E-state index in [2.05, 4.69) is 10.9 Å². The van der Waals surface area contributed by atoms with Gasteiger partial charge >= 0.3 is 0 Å². The Kier molecular flexibility index (Phi) is 3.94. The molecule has 0 fully saturated rings. The molecular formula is C12H17ClN2O. The maximum absolute atomic E-state index is 11.8. The molecule has 0 atom stereocenters. The topological polar surface area (TPSA) is 41.1 Å². The average molecular weight is 241 g/mol. The first-order valence-electron chi connectivity index (χ1n) is 5.13. The summed E-state index contributed by atoms with van der Waals surface area (Å²) < 4.78 is 0. The number of carbonyl (C=O) groups excluding carboxylic acids is 1. The zero-order chi connectivity index (χ0) is 12.3. The first kappa shape index (κ1) is 13.0. The molecule has 3 nitrogen and oxygen atoms in total. The monoisotopic (exact) mass is 240 g/mol. The second kappa shape index (κ2) is 4.85. The molecule has 2 N–H and O–H groups in total. The first-order valence-corrected chi connectivity index (χ1v) is 5.50. The van der Waals surface area contributed by atoms with Crippen molar-refractivity contribution in [1.29, 1.82) is 0 Å². The van der Waals surface area contributed by atoms with Crippen LogP contribution >= 0.6 is 11.6 Å². The molecule has 16 heavy (non-hydrogen) atoms. The van der Waals surface area contributed by atoms with Crippen LogP contribution < -0.4 is 10.9 Å². The van der Waals surface area contributed by atoms with Crippen LogP contribution in [0.3, 0.4) is 0 Å². The molecule has 0 aliphatic heterocycles. The molecule has 0 unspecified atom stereocenters. The lowest BCUT2D eigenvalue weighted by Crippen LogP contribution is -2.48. The molecule has 1 aromatic rings. The number of halogens is 1. The third-order valence-corrected chi connectivity index (χ3v) is 2.07. The Bertz CT molecular complexity index is 376. The van der Waals surface area contributed by atoms with Crippen molar-refractivity contribution in [3.05, 3.63) is 34.3 Å². The van der Waals surface area contributed by atoms with Gasteiger partial charge in [0.15, 0.2) is 0 Å². The third kappa shape index (κ3) is 4.21. The molecule has 0 spiro atoms. The lowest BCUT2D eigenvalue weighted by Gasteiger charge is -2.21. The lowest BCUT2D eigenvalue weighted by atomic mass is 10.1. The van der Waals surface area contributed by atoms with Crippen molar-refractivity contribution in [2.75, 3.05) is 0 Å². The summed E-state index contributed by atoms with van der Waals surface area (Å²) >= 11 is 5.88. The molecule has 4 heteroatoms.